The third-order valence-electron chi connectivity index (χ3n) is 5.15. The molecule has 2 aliphatic heterocycles. The first-order valence-corrected chi connectivity index (χ1v) is 10.6. The zero-order valence-electron chi connectivity index (χ0n) is 15.2. The van der Waals surface area contributed by atoms with Crippen molar-refractivity contribution in [2.24, 2.45) is 0 Å². The number of fused-ring (bicyclic) bond motifs is 1. The minimum absolute atomic E-state index is 0.0193. The van der Waals surface area contributed by atoms with Crippen molar-refractivity contribution in [3.63, 3.8) is 0 Å². The SMILES string of the molecule is Cc1c(Cl)cccc1N1CSC2=C(C#N)[C@H](c3ccc(Cl)cc3)CC(=O)N2C1. The van der Waals surface area contributed by atoms with Gasteiger partial charge in [-0.2, -0.15) is 5.26 Å². The predicted octanol–water partition coefficient (Wildman–Crippen LogP) is 5.52. The fourth-order valence-corrected chi connectivity index (χ4v) is 5.09. The van der Waals surface area contributed by atoms with Crippen LogP contribution in [-0.2, 0) is 4.79 Å². The van der Waals surface area contributed by atoms with Crippen LogP contribution in [0, 0.1) is 18.3 Å². The molecule has 0 spiro atoms. The van der Waals surface area contributed by atoms with Gasteiger partial charge in [0.1, 0.15) is 0 Å². The topological polar surface area (TPSA) is 47.3 Å². The summed E-state index contributed by atoms with van der Waals surface area (Å²) in [6.07, 6.45) is 0.275. The summed E-state index contributed by atoms with van der Waals surface area (Å²) in [7, 11) is 0. The number of allylic oxidation sites excluding steroid dienone is 1. The van der Waals surface area contributed by atoms with Gasteiger partial charge in [-0.1, -0.05) is 53.2 Å². The summed E-state index contributed by atoms with van der Waals surface area (Å²) in [4.78, 5) is 16.8. The van der Waals surface area contributed by atoms with Crippen LogP contribution in [0.1, 0.15) is 23.5 Å². The van der Waals surface area contributed by atoms with E-state index in [1.807, 2.05) is 37.3 Å². The van der Waals surface area contributed by atoms with Gasteiger partial charge >= 0.3 is 0 Å². The molecule has 0 unspecified atom stereocenters. The smallest absolute Gasteiger partial charge is 0.229 e. The molecule has 0 bridgehead atoms. The summed E-state index contributed by atoms with van der Waals surface area (Å²) < 4.78 is 0. The number of hydrogen-bond donors (Lipinski definition) is 0. The Morgan fingerprint density at radius 3 is 2.64 bits per heavy atom. The minimum atomic E-state index is -0.229. The first-order valence-electron chi connectivity index (χ1n) is 8.82. The molecule has 2 aromatic carbocycles. The maximum absolute atomic E-state index is 13.0. The van der Waals surface area contributed by atoms with Gasteiger partial charge in [-0.25, -0.2) is 0 Å². The quantitative estimate of drug-likeness (QED) is 0.630. The Labute approximate surface area is 178 Å². The molecular weight excluding hydrogens is 413 g/mol. The highest BCUT2D eigenvalue weighted by Gasteiger charge is 2.38. The molecule has 1 atom stereocenters. The molecule has 2 aromatic rings. The summed E-state index contributed by atoms with van der Waals surface area (Å²) in [6, 6.07) is 15.5. The van der Waals surface area contributed by atoms with Crippen molar-refractivity contribution in [3.8, 4) is 6.07 Å². The molecule has 1 fully saturated rings. The number of hydrogen-bond acceptors (Lipinski definition) is 4. The van der Waals surface area contributed by atoms with E-state index in [1.165, 1.54) is 11.8 Å². The molecule has 1 amide bonds. The summed E-state index contributed by atoms with van der Waals surface area (Å²) >= 11 is 13.8. The fourth-order valence-electron chi connectivity index (χ4n) is 3.63. The second-order valence-electron chi connectivity index (χ2n) is 6.80. The molecule has 1 saturated heterocycles. The third-order valence-corrected chi connectivity index (χ3v) is 6.96. The number of anilines is 1. The van der Waals surface area contributed by atoms with Gasteiger partial charge in [-0.3, -0.25) is 9.69 Å². The number of amides is 1. The minimum Gasteiger partial charge on any atom is -0.343 e. The van der Waals surface area contributed by atoms with Crippen LogP contribution in [-0.4, -0.2) is 23.4 Å². The number of nitriles is 1. The second-order valence-corrected chi connectivity index (χ2v) is 8.58. The van der Waals surface area contributed by atoms with Crippen molar-refractivity contribution < 1.29 is 4.79 Å². The van der Waals surface area contributed by atoms with E-state index in [1.54, 1.807) is 17.0 Å². The number of nitrogens with zero attached hydrogens (tertiary/aromatic N) is 3. The van der Waals surface area contributed by atoms with Gasteiger partial charge in [0.15, 0.2) is 0 Å². The average molecular weight is 430 g/mol. The fraction of sp³-hybridized carbons (Fsp3) is 0.238. The van der Waals surface area contributed by atoms with Crippen LogP contribution in [0.15, 0.2) is 53.1 Å². The van der Waals surface area contributed by atoms with Crippen LogP contribution in [0.5, 0.6) is 0 Å². The Kier molecular flexibility index (Phi) is 5.29. The lowest BCUT2D eigenvalue weighted by molar-refractivity contribution is -0.129. The van der Waals surface area contributed by atoms with Gasteiger partial charge in [0.2, 0.25) is 5.91 Å². The molecule has 28 heavy (non-hydrogen) atoms. The molecule has 0 radical (unpaired) electrons. The first-order chi connectivity index (χ1) is 13.5. The van der Waals surface area contributed by atoms with Gasteiger partial charge in [0, 0.05) is 28.1 Å². The number of thioether (sulfide) groups is 1. The van der Waals surface area contributed by atoms with Crippen molar-refractivity contribution in [2.75, 3.05) is 17.4 Å². The van der Waals surface area contributed by atoms with E-state index in [0.717, 1.165) is 21.8 Å². The van der Waals surface area contributed by atoms with E-state index < -0.39 is 0 Å². The highest BCUT2D eigenvalue weighted by atomic mass is 35.5. The van der Waals surface area contributed by atoms with E-state index in [-0.39, 0.29) is 18.2 Å². The highest BCUT2D eigenvalue weighted by molar-refractivity contribution is 8.03. The average Bonchev–Trinajstić information content (AvgIpc) is 2.70. The number of carbonyl (C=O) groups excluding carboxylic acids is 1. The van der Waals surface area contributed by atoms with E-state index >= 15 is 0 Å². The van der Waals surface area contributed by atoms with Crippen LogP contribution in [0.4, 0.5) is 5.69 Å². The Morgan fingerprint density at radius 1 is 1.18 bits per heavy atom. The van der Waals surface area contributed by atoms with Gasteiger partial charge < -0.3 is 4.90 Å². The third kappa shape index (κ3) is 3.37. The van der Waals surface area contributed by atoms with Crippen molar-refractivity contribution in [1.82, 2.24) is 4.90 Å². The molecule has 0 saturated carbocycles. The monoisotopic (exact) mass is 429 g/mol. The molecule has 0 aliphatic carbocycles. The number of halogens is 2. The van der Waals surface area contributed by atoms with Gasteiger partial charge in [-0.15, -0.1) is 0 Å². The molecule has 0 aromatic heterocycles. The Bertz CT molecular complexity index is 1010. The number of benzene rings is 2. The number of carbonyl (C=O) groups is 1. The van der Waals surface area contributed by atoms with Crippen molar-refractivity contribution in [2.45, 2.75) is 19.3 Å². The summed E-state index contributed by atoms with van der Waals surface area (Å²) in [5, 5.41) is 11.9. The molecule has 7 heteroatoms. The molecule has 0 N–H and O–H groups in total. The highest BCUT2D eigenvalue weighted by Crippen LogP contribution is 2.44. The molecule has 2 aliphatic rings. The molecule has 2 heterocycles. The normalized spacial score (nSPS) is 19.5. The van der Waals surface area contributed by atoms with Gasteiger partial charge in [0.25, 0.3) is 0 Å². The van der Waals surface area contributed by atoms with Gasteiger partial charge in [0.05, 0.1) is 29.2 Å². The van der Waals surface area contributed by atoms with E-state index in [4.69, 9.17) is 23.2 Å². The summed E-state index contributed by atoms with van der Waals surface area (Å²) in [5.74, 6) is 0.442. The van der Waals surface area contributed by atoms with E-state index in [9.17, 15) is 10.1 Å². The molecule has 4 rings (SSSR count). The largest absolute Gasteiger partial charge is 0.343 e. The van der Waals surface area contributed by atoms with Crippen molar-refractivity contribution in [1.29, 1.82) is 5.26 Å². The van der Waals surface area contributed by atoms with Crippen molar-refractivity contribution in [3.05, 3.63) is 74.2 Å². The molecule has 4 nitrogen and oxygen atoms in total. The first kappa shape index (κ1) is 19.2. The van der Waals surface area contributed by atoms with Crippen LogP contribution >= 0.6 is 35.0 Å². The molecule has 142 valence electrons. The standard InChI is InChI=1S/C21H17Cl2N3OS/c1-13-18(23)3-2-4-19(13)25-11-26-20(27)9-16(14-5-7-15(22)8-6-14)17(10-24)21(26)28-12-25/h2-8,16H,9,11-12H2,1H3/t16-/m0/s1. The Morgan fingerprint density at radius 2 is 1.93 bits per heavy atom. The van der Waals surface area contributed by atoms with Crippen LogP contribution in [0.3, 0.4) is 0 Å². The lowest BCUT2D eigenvalue weighted by atomic mass is 9.86. The Hall–Kier alpha value is -2.13. The second kappa shape index (κ2) is 7.71. The molecular formula is C21H17Cl2N3OS. The number of rotatable bonds is 2. The van der Waals surface area contributed by atoms with E-state index in [0.29, 0.717) is 28.2 Å². The predicted molar refractivity (Wildman–Crippen MR) is 114 cm³/mol. The summed E-state index contributed by atoms with van der Waals surface area (Å²) in [6.45, 7) is 2.39. The van der Waals surface area contributed by atoms with Crippen LogP contribution in [0.25, 0.3) is 0 Å². The van der Waals surface area contributed by atoms with Gasteiger partial charge in [-0.05, 0) is 42.3 Å². The maximum atomic E-state index is 13.0. The Balaban J connectivity index is 1.68. The van der Waals surface area contributed by atoms with Crippen LogP contribution < -0.4 is 4.90 Å². The zero-order chi connectivity index (χ0) is 19.8. The lowest BCUT2D eigenvalue weighted by Crippen LogP contribution is -2.47. The van der Waals surface area contributed by atoms with Crippen LogP contribution in [0.2, 0.25) is 10.0 Å². The van der Waals surface area contributed by atoms with E-state index in [2.05, 4.69) is 11.0 Å². The lowest BCUT2D eigenvalue weighted by Gasteiger charge is -2.42. The zero-order valence-corrected chi connectivity index (χ0v) is 17.5. The van der Waals surface area contributed by atoms with Crippen molar-refractivity contribution >= 4 is 46.6 Å². The summed E-state index contributed by atoms with van der Waals surface area (Å²) in [5.41, 5.74) is 3.58. The maximum Gasteiger partial charge on any atom is 0.229 e.